The van der Waals surface area contributed by atoms with E-state index in [0.717, 1.165) is 65.1 Å². The average Bonchev–Trinajstić information content (AvgIpc) is 3.30. The Morgan fingerprint density at radius 2 is 1.81 bits per heavy atom. The van der Waals surface area contributed by atoms with Crippen molar-refractivity contribution in [3.05, 3.63) is 67.1 Å². The van der Waals surface area contributed by atoms with Crippen LogP contribution in [0.1, 0.15) is 18.9 Å². The maximum Gasteiger partial charge on any atom is 0.138 e. The van der Waals surface area contributed by atoms with Crippen LogP contribution in [0.15, 0.2) is 67.1 Å². The molecule has 0 radical (unpaired) electrons. The summed E-state index contributed by atoms with van der Waals surface area (Å²) in [5.41, 5.74) is 4.21. The maximum absolute atomic E-state index is 6.14. The van der Waals surface area contributed by atoms with Crippen LogP contribution in [-0.2, 0) is 0 Å². The molecule has 1 fully saturated rings. The Morgan fingerprint density at radius 1 is 1.00 bits per heavy atom. The number of nitrogens with zero attached hydrogens (tertiary/aromatic N) is 4. The first-order chi connectivity index (χ1) is 15.2. The molecule has 3 heterocycles. The third-order valence-electron chi connectivity index (χ3n) is 6.07. The number of rotatable bonds is 5. The predicted molar refractivity (Wildman–Crippen MR) is 125 cm³/mol. The second-order valence-electron chi connectivity index (χ2n) is 8.16. The predicted octanol–water partition coefficient (Wildman–Crippen LogP) is 5.20. The van der Waals surface area contributed by atoms with Gasteiger partial charge in [-0.25, -0.2) is 0 Å². The fourth-order valence-corrected chi connectivity index (χ4v) is 4.15. The SMILES string of the molecule is CNc1ccc(Oc2ccnc3cc(-c4cnn(C5CCN(C)CC5)c4)ccc23)cc1. The van der Waals surface area contributed by atoms with E-state index in [1.165, 1.54) is 0 Å². The summed E-state index contributed by atoms with van der Waals surface area (Å²) in [4.78, 5) is 6.96. The summed E-state index contributed by atoms with van der Waals surface area (Å²) in [6.07, 6.45) is 8.22. The van der Waals surface area contributed by atoms with Crippen LogP contribution in [0.4, 0.5) is 5.69 Å². The van der Waals surface area contributed by atoms with E-state index in [1.807, 2.05) is 43.6 Å². The number of aromatic nitrogens is 3. The molecule has 0 bridgehead atoms. The van der Waals surface area contributed by atoms with Crippen LogP contribution >= 0.6 is 0 Å². The number of pyridine rings is 1. The average molecular weight is 414 g/mol. The number of hydrogen-bond donors (Lipinski definition) is 1. The van der Waals surface area contributed by atoms with Crippen LogP contribution in [-0.4, -0.2) is 46.8 Å². The van der Waals surface area contributed by atoms with Crippen LogP contribution in [0, 0.1) is 0 Å². The van der Waals surface area contributed by atoms with E-state index in [0.29, 0.717) is 6.04 Å². The van der Waals surface area contributed by atoms with Crippen molar-refractivity contribution in [1.29, 1.82) is 0 Å². The third kappa shape index (κ3) is 4.11. The number of fused-ring (bicyclic) bond motifs is 1. The number of ether oxygens (including phenoxy) is 1. The van der Waals surface area contributed by atoms with Gasteiger partial charge < -0.3 is 15.0 Å². The number of anilines is 1. The van der Waals surface area contributed by atoms with Crippen molar-refractivity contribution >= 4 is 16.6 Å². The highest BCUT2D eigenvalue weighted by Gasteiger charge is 2.19. The van der Waals surface area contributed by atoms with Gasteiger partial charge >= 0.3 is 0 Å². The molecule has 2 aromatic carbocycles. The zero-order valence-corrected chi connectivity index (χ0v) is 18.0. The highest BCUT2D eigenvalue weighted by atomic mass is 16.5. The molecule has 1 aliphatic rings. The van der Waals surface area contributed by atoms with Gasteiger partial charge in [0.1, 0.15) is 11.5 Å². The topological polar surface area (TPSA) is 55.2 Å². The molecule has 0 unspecified atom stereocenters. The molecule has 0 amide bonds. The molecule has 1 N–H and O–H groups in total. The molecule has 6 nitrogen and oxygen atoms in total. The van der Waals surface area contributed by atoms with Gasteiger partial charge in [-0.15, -0.1) is 0 Å². The van der Waals surface area contributed by atoms with Crippen LogP contribution in [0.3, 0.4) is 0 Å². The first kappa shape index (κ1) is 19.6. The van der Waals surface area contributed by atoms with Gasteiger partial charge in [0.25, 0.3) is 0 Å². The molecule has 31 heavy (non-hydrogen) atoms. The van der Waals surface area contributed by atoms with Gasteiger partial charge in [-0.05, 0) is 81.0 Å². The van der Waals surface area contributed by atoms with Gasteiger partial charge in [-0.2, -0.15) is 5.10 Å². The van der Waals surface area contributed by atoms with Crippen LogP contribution in [0.2, 0.25) is 0 Å². The second-order valence-corrected chi connectivity index (χ2v) is 8.16. The molecule has 4 aromatic rings. The van der Waals surface area contributed by atoms with Crippen molar-refractivity contribution < 1.29 is 4.74 Å². The fourth-order valence-electron chi connectivity index (χ4n) is 4.15. The highest BCUT2D eigenvalue weighted by Crippen LogP contribution is 2.32. The molecule has 158 valence electrons. The van der Waals surface area contributed by atoms with Crippen molar-refractivity contribution in [2.75, 3.05) is 32.5 Å². The zero-order chi connectivity index (χ0) is 21.2. The molecular formula is C25H27N5O. The smallest absolute Gasteiger partial charge is 0.138 e. The first-order valence-electron chi connectivity index (χ1n) is 10.8. The summed E-state index contributed by atoms with van der Waals surface area (Å²) in [6, 6.07) is 16.6. The quantitative estimate of drug-likeness (QED) is 0.487. The molecule has 1 aliphatic heterocycles. The Bertz CT molecular complexity index is 1180. The summed E-state index contributed by atoms with van der Waals surface area (Å²) >= 11 is 0. The summed E-state index contributed by atoms with van der Waals surface area (Å²) in [5.74, 6) is 1.60. The van der Waals surface area contributed by atoms with Crippen molar-refractivity contribution in [3.8, 4) is 22.6 Å². The van der Waals surface area contributed by atoms with Gasteiger partial charge in [0.05, 0.1) is 17.8 Å². The lowest BCUT2D eigenvalue weighted by Gasteiger charge is -2.28. The number of hydrogen-bond acceptors (Lipinski definition) is 5. The van der Waals surface area contributed by atoms with Crippen molar-refractivity contribution in [1.82, 2.24) is 19.7 Å². The Labute approximate surface area is 182 Å². The molecule has 2 aromatic heterocycles. The van der Waals surface area contributed by atoms with Crippen molar-refractivity contribution in [2.45, 2.75) is 18.9 Å². The van der Waals surface area contributed by atoms with Gasteiger partial charge in [0.2, 0.25) is 0 Å². The lowest BCUT2D eigenvalue weighted by atomic mass is 10.0. The van der Waals surface area contributed by atoms with Gasteiger partial charge in [-0.3, -0.25) is 9.67 Å². The van der Waals surface area contributed by atoms with E-state index in [9.17, 15) is 0 Å². The van der Waals surface area contributed by atoms with E-state index in [2.05, 4.69) is 56.4 Å². The zero-order valence-electron chi connectivity index (χ0n) is 18.0. The molecule has 0 saturated carbocycles. The Hall–Kier alpha value is -3.38. The number of nitrogens with one attached hydrogen (secondary N) is 1. The lowest BCUT2D eigenvalue weighted by molar-refractivity contribution is 0.212. The molecule has 0 aliphatic carbocycles. The molecule has 5 rings (SSSR count). The minimum absolute atomic E-state index is 0.484. The molecule has 0 spiro atoms. The molecule has 1 saturated heterocycles. The lowest BCUT2D eigenvalue weighted by Crippen LogP contribution is -2.31. The molecule has 0 atom stereocenters. The van der Waals surface area contributed by atoms with E-state index in [-0.39, 0.29) is 0 Å². The van der Waals surface area contributed by atoms with Crippen molar-refractivity contribution in [3.63, 3.8) is 0 Å². The van der Waals surface area contributed by atoms with Gasteiger partial charge in [0, 0.05) is 36.1 Å². The Kier molecular flexibility index (Phi) is 5.30. The highest BCUT2D eigenvalue weighted by molar-refractivity contribution is 5.89. The summed E-state index contributed by atoms with van der Waals surface area (Å²) < 4.78 is 8.27. The van der Waals surface area contributed by atoms with E-state index >= 15 is 0 Å². The Morgan fingerprint density at radius 3 is 2.58 bits per heavy atom. The first-order valence-corrected chi connectivity index (χ1v) is 10.8. The van der Waals surface area contributed by atoms with E-state index in [1.54, 1.807) is 6.20 Å². The van der Waals surface area contributed by atoms with Gasteiger partial charge in [-0.1, -0.05) is 6.07 Å². The largest absolute Gasteiger partial charge is 0.457 e. The number of benzene rings is 2. The maximum atomic E-state index is 6.14. The van der Waals surface area contributed by atoms with Gasteiger partial charge in [0.15, 0.2) is 0 Å². The summed E-state index contributed by atoms with van der Waals surface area (Å²) in [7, 11) is 4.09. The van der Waals surface area contributed by atoms with Crippen LogP contribution in [0.25, 0.3) is 22.0 Å². The standard InChI is InChI=1S/C25H27N5O/c1-26-20-4-6-22(7-5-20)31-25-9-12-27-24-15-18(3-8-23(24)25)19-16-28-30(17-19)21-10-13-29(2)14-11-21/h3-9,12,15-17,21,26H,10-11,13-14H2,1-2H3. The van der Waals surface area contributed by atoms with E-state index in [4.69, 9.17) is 4.74 Å². The summed E-state index contributed by atoms with van der Waals surface area (Å²) in [5, 5.41) is 8.77. The fraction of sp³-hybridized carbons (Fsp3) is 0.280. The van der Waals surface area contributed by atoms with Crippen LogP contribution in [0.5, 0.6) is 11.5 Å². The molecular weight excluding hydrogens is 386 g/mol. The minimum Gasteiger partial charge on any atom is -0.457 e. The van der Waals surface area contributed by atoms with Crippen molar-refractivity contribution in [2.24, 2.45) is 0 Å². The summed E-state index contributed by atoms with van der Waals surface area (Å²) in [6.45, 7) is 2.25. The number of likely N-dealkylation sites (tertiary alicyclic amines) is 1. The minimum atomic E-state index is 0.484. The third-order valence-corrected chi connectivity index (χ3v) is 6.07. The monoisotopic (exact) mass is 413 g/mol. The van der Waals surface area contributed by atoms with E-state index < -0.39 is 0 Å². The normalized spacial score (nSPS) is 15.3. The Balaban J connectivity index is 1.39. The molecule has 6 heteroatoms. The second kappa shape index (κ2) is 8.40. The number of piperidine rings is 1. The van der Waals surface area contributed by atoms with Crippen LogP contribution < -0.4 is 10.1 Å².